The SMILES string of the molecule is O=C(O)C(CCCNS(=O)(=O)C=C(c1ccccc1)c1ccccc1)Oc1cccc2ccccc12. The zero-order chi connectivity index (χ0) is 25.4. The van der Waals surface area contributed by atoms with Crippen LogP contribution in [0, 0.1) is 0 Å². The Bertz CT molecular complexity index is 1400. The lowest BCUT2D eigenvalue weighted by molar-refractivity contribution is -0.145. The molecule has 6 nitrogen and oxygen atoms in total. The predicted octanol–water partition coefficient (Wildman–Crippen LogP) is 5.46. The third-order valence-corrected chi connectivity index (χ3v) is 6.84. The van der Waals surface area contributed by atoms with E-state index in [4.69, 9.17) is 4.74 Å². The van der Waals surface area contributed by atoms with E-state index >= 15 is 0 Å². The Labute approximate surface area is 210 Å². The summed E-state index contributed by atoms with van der Waals surface area (Å²) in [6, 6.07) is 31.7. The van der Waals surface area contributed by atoms with E-state index < -0.39 is 22.1 Å². The summed E-state index contributed by atoms with van der Waals surface area (Å²) in [6.07, 6.45) is -0.657. The first-order valence-corrected chi connectivity index (χ1v) is 13.2. The van der Waals surface area contributed by atoms with E-state index in [0.29, 0.717) is 17.7 Å². The third kappa shape index (κ3) is 6.59. The lowest BCUT2D eigenvalue weighted by atomic mass is 10.00. The molecular weight excluding hydrogens is 474 g/mol. The molecule has 0 saturated heterocycles. The number of fused-ring (bicyclic) bond motifs is 1. The largest absolute Gasteiger partial charge is 0.479 e. The molecule has 0 fully saturated rings. The normalized spacial score (nSPS) is 12.1. The highest BCUT2D eigenvalue weighted by Gasteiger charge is 2.20. The number of carboxylic acid groups (broad SMARTS) is 1. The number of aliphatic carboxylic acids is 1. The highest BCUT2D eigenvalue weighted by molar-refractivity contribution is 7.92. The summed E-state index contributed by atoms with van der Waals surface area (Å²) in [7, 11) is -3.78. The number of hydrogen-bond donors (Lipinski definition) is 2. The predicted molar refractivity (Wildman–Crippen MR) is 142 cm³/mol. The molecular formula is C29H27NO5S. The summed E-state index contributed by atoms with van der Waals surface area (Å²) in [5, 5.41) is 12.7. The standard InChI is InChI=1S/C29H27NO5S/c31-29(32)28(35-27-18-9-16-22-15-7-8-17-25(22)27)19-10-20-30-36(33,34)21-26(23-11-3-1-4-12-23)24-13-5-2-6-14-24/h1-9,11-18,21,28,30H,10,19-20H2,(H,31,32). The molecule has 4 rings (SSSR count). The average Bonchev–Trinajstić information content (AvgIpc) is 2.90. The number of carboxylic acids is 1. The minimum absolute atomic E-state index is 0.0817. The summed E-state index contributed by atoms with van der Waals surface area (Å²) >= 11 is 0. The van der Waals surface area contributed by atoms with E-state index in [-0.39, 0.29) is 13.0 Å². The fourth-order valence-electron chi connectivity index (χ4n) is 3.92. The molecule has 0 heterocycles. The maximum atomic E-state index is 12.9. The molecule has 0 aliphatic rings. The molecule has 0 saturated carbocycles. The van der Waals surface area contributed by atoms with E-state index in [1.165, 1.54) is 5.41 Å². The second-order valence-corrected chi connectivity index (χ2v) is 9.88. The molecule has 0 aliphatic heterocycles. The van der Waals surface area contributed by atoms with Gasteiger partial charge in [0.25, 0.3) is 0 Å². The molecule has 0 bridgehead atoms. The third-order valence-electron chi connectivity index (χ3n) is 5.68. The monoisotopic (exact) mass is 501 g/mol. The van der Waals surface area contributed by atoms with Gasteiger partial charge in [0.1, 0.15) is 5.75 Å². The molecule has 184 valence electrons. The fourth-order valence-corrected chi connectivity index (χ4v) is 5.02. The highest BCUT2D eigenvalue weighted by Crippen LogP contribution is 2.27. The van der Waals surface area contributed by atoms with Gasteiger partial charge in [-0.2, -0.15) is 0 Å². The lowest BCUT2D eigenvalue weighted by Gasteiger charge is -2.17. The number of carbonyl (C=O) groups is 1. The Kier molecular flexibility index (Phi) is 8.15. The van der Waals surface area contributed by atoms with Gasteiger partial charge in [-0.3, -0.25) is 0 Å². The van der Waals surface area contributed by atoms with Crippen molar-refractivity contribution in [3.63, 3.8) is 0 Å². The molecule has 36 heavy (non-hydrogen) atoms. The first-order valence-electron chi connectivity index (χ1n) is 11.6. The van der Waals surface area contributed by atoms with Crippen LogP contribution in [-0.4, -0.2) is 32.1 Å². The van der Waals surface area contributed by atoms with Gasteiger partial charge < -0.3 is 9.84 Å². The van der Waals surface area contributed by atoms with Crippen LogP contribution in [0.3, 0.4) is 0 Å². The maximum Gasteiger partial charge on any atom is 0.344 e. The summed E-state index contributed by atoms with van der Waals surface area (Å²) in [4.78, 5) is 11.8. The van der Waals surface area contributed by atoms with Crippen molar-refractivity contribution in [3.05, 3.63) is 120 Å². The Morgan fingerprint density at radius 1 is 0.833 bits per heavy atom. The van der Waals surface area contributed by atoms with Gasteiger partial charge in [-0.15, -0.1) is 0 Å². The molecule has 1 atom stereocenters. The van der Waals surface area contributed by atoms with Gasteiger partial charge in [-0.1, -0.05) is 97.1 Å². The van der Waals surface area contributed by atoms with E-state index in [0.717, 1.165) is 21.9 Å². The van der Waals surface area contributed by atoms with Crippen molar-refractivity contribution in [2.24, 2.45) is 0 Å². The van der Waals surface area contributed by atoms with Crippen molar-refractivity contribution in [2.45, 2.75) is 18.9 Å². The van der Waals surface area contributed by atoms with Gasteiger partial charge in [-0.25, -0.2) is 17.9 Å². The van der Waals surface area contributed by atoms with Crippen molar-refractivity contribution in [3.8, 4) is 5.75 Å². The zero-order valence-corrected chi connectivity index (χ0v) is 20.4. The smallest absolute Gasteiger partial charge is 0.344 e. The molecule has 0 amide bonds. The quantitative estimate of drug-likeness (QED) is 0.266. The molecule has 4 aromatic carbocycles. The Morgan fingerprint density at radius 2 is 1.42 bits per heavy atom. The zero-order valence-electron chi connectivity index (χ0n) is 19.6. The first kappa shape index (κ1) is 25.2. The van der Waals surface area contributed by atoms with E-state index in [1.54, 1.807) is 6.07 Å². The number of rotatable bonds is 11. The summed E-state index contributed by atoms with van der Waals surface area (Å²) < 4.78 is 34.1. The summed E-state index contributed by atoms with van der Waals surface area (Å²) in [5.41, 5.74) is 2.14. The molecule has 2 N–H and O–H groups in total. The van der Waals surface area contributed by atoms with Crippen LogP contribution in [0.5, 0.6) is 5.75 Å². The van der Waals surface area contributed by atoms with Crippen molar-refractivity contribution in [1.29, 1.82) is 0 Å². The van der Waals surface area contributed by atoms with Crippen molar-refractivity contribution in [2.75, 3.05) is 6.54 Å². The van der Waals surface area contributed by atoms with E-state index in [2.05, 4.69) is 4.72 Å². The topological polar surface area (TPSA) is 92.7 Å². The lowest BCUT2D eigenvalue weighted by Crippen LogP contribution is -2.29. The number of benzene rings is 4. The number of ether oxygens (including phenoxy) is 1. The average molecular weight is 502 g/mol. The molecule has 0 spiro atoms. The van der Waals surface area contributed by atoms with Crippen LogP contribution in [0.15, 0.2) is 109 Å². The highest BCUT2D eigenvalue weighted by atomic mass is 32.2. The molecule has 1 unspecified atom stereocenters. The van der Waals surface area contributed by atoms with Crippen LogP contribution >= 0.6 is 0 Å². The second kappa shape index (κ2) is 11.7. The van der Waals surface area contributed by atoms with Crippen molar-refractivity contribution < 1.29 is 23.1 Å². The summed E-state index contributed by atoms with van der Waals surface area (Å²) in [5.74, 6) is -0.611. The van der Waals surface area contributed by atoms with Crippen molar-refractivity contribution in [1.82, 2.24) is 4.72 Å². The van der Waals surface area contributed by atoms with Crippen LogP contribution in [-0.2, 0) is 14.8 Å². The van der Waals surface area contributed by atoms with Crippen LogP contribution in [0.1, 0.15) is 24.0 Å². The fraction of sp³-hybridized carbons (Fsp3) is 0.138. The molecule has 4 aromatic rings. The van der Waals surface area contributed by atoms with Gasteiger partial charge in [-0.05, 0) is 35.4 Å². The Hall–Kier alpha value is -3.94. The Morgan fingerprint density at radius 3 is 2.06 bits per heavy atom. The van der Waals surface area contributed by atoms with Gasteiger partial charge >= 0.3 is 5.97 Å². The molecule has 0 radical (unpaired) electrons. The van der Waals surface area contributed by atoms with Crippen LogP contribution in [0.25, 0.3) is 16.3 Å². The van der Waals surface area contributed by atoms with Gasteiger partial charge in [0.05, 0.1) is 5.41 Å². The number of hydrogen-bond acceptors (Lipinski definition) is 4. The maximum absolute atomic E-state index is 12.9. The minimum atomic E-state index is -3.78. The van der Waals surface area contributed by atoms with Crippen molar-refractivity contribution >= 4 is 32.3 Å². The van der Waals surface area contributed by atoms with Crippen LogP contribution < -0.4 is 9.46 Å². The first-order chi connectivity index (χ1) is 17.4. The molecule has 0 aliphatic carbocycles. The summed E-state index contributed by atoms with van der Waals surface area (Å²) in [6.45, 7) is 0.0817. The number of sulfonamides is 1. The Balaban J connectivity index is 1.42. The van der Waals surface area contributed by atoms with Gasteiger partial charge in [0.15, 0.2) is 6.10 Å². The molecule has 0 aromatic heterocycles. The van der Waals surface area contributed by atoms with Crippen LogP contribution in [0.2, 0.25) is 0 Å². The number of nitrogens with one attached hydrogen (secondary N) is 1. The van der Waals surface area contributed by atoms with Gasteiger partial charge in [0, 0.05) is 17.5 Å². The van der Waals surface area contributed by atoms with E-state index in [9.17, 15) is 18.3 Å². The van der Waals surface area contributed by atoms with Crippen LogP contribution in [0.4, 0.5) is 0 Å². The van der Waals surface area contributed by atoms with E-state index in [1.807, 2.05) is 97.1 Å². The second-order valence-electron chi connectivity index (χ2n) is 8.27. The molecule has 7 heteroatoms. The minimum Gasteiger partial charge on any atom is -0.479 e. The van der Waals surface area contributed by atoms with Gasteiger partial charge in [0.2, 0.25) is 10.0 Å².